The number of phenols is 1. The molecule has 6 nitrogen and oxygen atoms in total. The molecule has 1 amide bonds. The molecule has 0 radical (unpaired) electrons. The topological polar surface area (TPSA) is 80.2 Å². The molecule has 0 bridgehead atoms. The molecule has 3 aromatic rings. The molecule has 148 valence electrons. The van der Waals surface area contributed by atoms with E-state index in [4.69, 9.17) is 9.47 Å². The van der Waals surface area contributed by atoms with Crippen LogP contribution in [-0.4, -0.2) is 30.9 Å². The normalized spacial score (nSPS) is 10.7. The maximum Gasteiger partial charge on any atom is 0.277 e. The second kappa shape index (κ2) is 9.75. The molecule has 7 heteroatoms. The average molecular weight is 455 g/mol. The predicted molar refractivity (Wildman–Crippen MR) is 115 cm³/mol. The van der Waals surface area contributed by atoms with Crippen LogP contribution < -0.4 is 14.9 Å². The van der Waals surface area contributed by atoms with Crippen molar-refractivity contribution in [2.75, 3.05) is 13.7 Å². The Bertz CT molecular complexity index is 1010. The van der Waals surface area contributed by atoms with Crippen molar-refractivity contribution < 1.29 is 19.4 Å². The van der Waals surface area contributed by atoms with E-state index in [0.29, 0.717) is 21.5 Å². The summed E-state index contributed by atoms with van der Waals surface area (Å²) >= 11 is 3.32. The van der Waals surface area contributed by atoms with Crippen molar-refractivity contribution >= 4 is 28.1 Å². The van der Waals surface area contributed by atoms with E-state index < -0.39 is 5.91 Å². The van der Waals surface area contributed by atoms with Crippen LogP contribution in [0.3, 0.4) is 0 Å². The minimum Gasteiger partial charge on any atom is -0.504 e. The molecule has 29 heavy (non-hydrogen) atoms. The summed E-state index contributed by atoms with van der Waals surface area (Å²) in [5, 5.41) is 13.9. The molecule has 0 saturated heterocycles. The van der Waals surface area contributed by atoms with Gasteiger partial charge in [0.1, 0.15) is 5.75 Å². The van der Waals surface area contributed by atoms with Gasteiger partial charge in [0, 0.05) is 10.0 Å². The Hall–Kier alpha value is -3.32. The second-order valence-corrected chi connectivity index (χ2v) is 6.93. The number of aromatic hydroxyl groups is 1. The third-order valence-corrected chi connectivity index (χ3v) is 4.47. The number of rotatable bonds is 7. The van der Waals surface area contributed by atoms with Gasteiger partial charge in [-0.05, 0) is 35.4 Å². The molecule has 0 aromatic heterocycles. The summed E-state index contributed by atoms with van der Waals surface area (Å²) in [5.74, 6) is 0.394. The van der Waals surface area contributed by atoms with E-state index in [1.165, 1.54) is 13.3 Å². The molecule has 0 atom stereocenters. The molecule has 0 aliphatic rings. The van der Waals surface area contributed by atoms with Crippen molar-refractivity contribution in [3.05, 3.63) is 76.8 Å². The summed E-state index contributed by atoms with van der Waals surface area (Å²) in [5.41, 5.74) is 4.93. The van der Waals surface area contributed by atoms with Gasteiger partial charge in [-0.2, -0.15) is 5.10 Å². The molecular formula is C22H19BrN2O4. The van der Waals surface area contributed by atoms with Gasteiger partial charge in [0.25, 0.3) is 5.91 Å². The molecule has 2 N–H and O–H groups in total. The Kier molecular flexibility index (Phi) is 6.86. The summed E-state index contributed by atoms with van der Waals surface area (Å²) in [6, 6.07) is 20.8. The molecular weight excluding hydrogens is 436 g/mol. The van der Waals surface area contributed by atoms with Crippen molar-refractivity contribution in [1.29, 1.82) is 0 Å². The number of nitrogens with one attached hydrogen (secondary N) is 1. The van der Waals surface area contributed by atoms with Crippen molar-refractivity contribution in [3.63, 3.8) is 0 Å². The highest BCUT2D eigenvalue weighted by Crippen LogP contribution is 2.32. The Morgan fingerprint density at radius 3 is 2.48 bits per heavy atom. The van der Waals surface area contributed by atoms with E-state index in [-0.39, 0.29) is 12.4 Å². The summed E-state index contributed by atoms with van der Waals surface area (Å²) in [7, 11) is 1.45. The number of halogens is 1. The quantitative estimate of drug-likeness (QED) is 0.410. The van der Waals surface area contributed by atoms with Crippen LogP contribution in [0.4, 0.5) is 0 Å². The fraction of sp³-hybridized carbons (Fsp3) is 0.0909. The first-order valence-corrected chi connectivity index (χ1v) is 9.53. The van der Waals surface area contributed by atoms with Crippen molar-refractivity contribution in [3.8, 4) is 28.4 Å². The number of hydrazone groups is 1. The van der Waals surface area contributed by atoms with Crippen molar-refractivity contribution in [2.45, 2.75) is 0 Å². The molecule has 0 heterocycles. The standard InChI is InChI=1S/C22H19BrN2O4/c1-28-20-12-18(23)11-17(22(20)27)13-24-25-21(26)14-29-19-9-7-16(8-10-19)15-5-3-2-4-6-15/h2-13,27H,14H2,1H3,(H,25,26)/b24-13+. The van der Waals surface area contributed by atoms with E-state index in [0.717, 1.165) is 11.1 Å². The number of hydrogen-bond donors (Lipinski definition) is 2. The number of benzene rings is 3. The average Bonchev–Trinajstić information content (AvgIpc) is 2.75. The first-order chi connectivity index (χ1) is 14.1. The molecule has 3 rings (SSSR count). The number of nitrogens with zero attached hydrogens (tertiary/aromatic N) is 1. The van der Waals surface area contributed by atoms with Crippen LogP contribution in [-0.2, 0) is 4.79 Å². The van der Waals surface area contributed by atoms with Gasteiger partial charge in [0.15, 0.2) is 18.1 Å². The van der Waals surface area contributed by atoms with Crippen LogP contribution in [0.1, 0.15) is 5.56 Å². The van der Waals surface area contributed by atoms with Crippen LogP contribution in [0.2, 0.25) is 0 Å². The lowest BCUT2D eigenvalue weighted by molar-refractivity contribution is -0.123. The van der Waals surface area contributed by atoms with E-state index in [1.807, 2.05) is 54.6 Å². The number of amides is 1. The Balaban J connectivity index is 1.53. The van der Waals surface area contributed by atoms with Crippen molar-refractivity contribution in [2.24, 2.45) is 5.10 Å². The van der Waals surface area contributed by atoms with E-state index in [1.54, 1.807) is 12.1 Å². The van der Waals surface area contributed by atoms with E-state index in [2.05, 4.69) is 26.5 Å². The minimum atomic E-state index is -0.421. The number of hydrogen-bond acceptors (Lipinski definition) is 5. The molecule has 0 unspecified atom stereocenters. The molecule has 0 fully saturated rings. The van der Waals surface area contributed by atoms with Gasteiger partial charge in [-0.1, -0.05) is 58.4 Å². The van der Waals surface area contributed by atoms with E-state index in [9.17, 15) is 9.90 Å². The molecule has 0 saturated carbocycles. The third kappa shape index (κ3) is 5.58. The SMILES string of the molecule is COc1cc(Br)cc(/C=N/NC(=O)COc2ccc(-c3ccccc3)cc2)c1O. The van der Waals surface area contributed by atoms with Gasteiger partial charge < -0.3 is 14.6 Å². The zero-order chi connectivity index (χ0) is 20.6. The lowest BCUT2D eigenvalue weighted by Crippen LogP contribution is -2.24. The van der Waals surface area contributed by atoms with Gasteiger partial charge in [-0.25, -0.2) is 5.43 Å². The molecule has 3 aromatic carbocycles. The van der Waals surface area contributed by atoms with E-state index >= 15 is 0 Å². The van der Waals surface area contributed by atoms with Crippen LogP contribution in [0.25, 0.3) is 11.1 Å². The Labute approximate surface area is 176 Å². The lowest BCUT2D eigenvalue weighted by Gasteiger charge is -2.07. The summed E-state index contributed by atoms with van der Waals surface area (Å²) in [6.45, 7) is -0.185. The van der Waals surface area contributed by atoms with Crippen LogP contribution in [0, 0.1) is 0 Å². The molecule has 0 aliphatic carbocycles. The maximum atomic E-state index is 11.9. The smallest absolute Gasteiger partial charge is 0.277 e. The highest BCUT2D eigenvalue weighted by molar-refractivity contribution is 9.10. The predicted octanol–water partition coefficient (Wildman–Crippen LogP) is 4.36. The number of ether oxygens (including phenoxy) is 2. The van der Waals surface area contributed by atoms with Gasteiger partial charge in [-0.15, -0.1) is 0 Å². The lowest BCUT2D eigenvalue weighted by atomic mass is 10.1. The second-order valence-electron chi connectivity index (χ2n) is 6.02. The van der Waals surface area contributed by atoms with Crippen molar-refractivity contribution in [1.82, 2.24) is 5.43 Å². The highest BCUT2D eigenvalue weighted by atomic mass is 79.9. The number of phenolic OH excluding ortho intramolecular Hbond substituents is 1. The first-order valence-electron chi connectivity index (χ1n) is 8.73. The van der Waals surface area contributed by atoms with Gasteiger partial charge in [-0.3, -0.25) is 4.79 Å². The zero-order valence-electron chi connectivity index (χ0n) is 15.6. The first kappa shape index (κ1) is 20.4. The maximum absolute atomic E-state index is 11.9. The Morgan fingerprint density at radius 1 is 1.10 bits per heavy atom. The van der Waals surface area contributed by atoms with Crippen LogP contribution in [0.5, 0.6) is 17.2 Å². The molecule has 0 aliphatic heterocycles. The molecule has 0 spiro atoms. The van der Waals surface area contributed by atoms with Crippen LogP contribution >= 0.6 is 15.9 Å². The summed E-state index contributed by atoms with van der Waals surface area (Å²) < 4.78 is 11.3. The van der Waals surface area contributed by atoms with Gasteiger partial charge in [0.2, 0.25) is 0 Å². The number of methoxy groups -OCH3 is 1. The fourth-order valence-electron chi connectivity index (χ4n) is 2.58. The van der Waals surface area contributed by atoms with Gasteiger partial charge >= 0.3 is 0 Å². The third-order valence-electron chi connectivity index (χ3n) is 4.01. The highest BCUT2D eigenvalue weighted by Gasteiger charge is 2.08. The Morgan fingerprint density at radius 2 is 1.79 bits per heavy atom. The largest absolute Gasteiger partial charge is 0.504 e. The summed E-state index contributed by atoms with van der Waals surface area (Å²) in [4.78, 5) is 11.9. The van der Waals surface area contributed by atoms with Crippen LogP contribution in [0.15, 0.2) is 76.3 Å². The minimum absolute atomic E-state index is 0.0662. The zero-order valence-corrected chi connectivity index (χ0v) is 17.2. The fourth-order valence-corrected chi connectivity index (χ4v) is 3.03. The van der Waals surface area contributed by atoms with Gasteiger partial charge in [0.05, 0.1) is 13.3 Å². The number of carbonyl (C=O) groups excluding carboxylic acids is 1. The number of carbonyl (C=O) groups is 1. The summed E-state index contributed by atoms with van der Waals surface area (Å²) in [6.07, 6.45) is 1.33. The monoisotopic (exact) mass is 454 g/mol.